The first-order chi connectivity index (χ1) is 8.93. The number of aryl methyl sites for hydroxylation is 3. The number of rotatable bonds is 4. The van der Waals surface area contributed by atoms with E-state index < -0.39 is 0 Å². The van der Waals surface area contributed by atoms with Crippen LogP contribution in [0.15, 0.2) is 6.07 Å². The lowest BCUT2D eigenvalue weighted by Crippen LogP contribution is -2.14. The smallest absolute Gasteiger partial charge is 0.0831 e. The van der Waals surface area contributed by atoms with Gasteiger partial charge in [-0.15, -0.1) is 0 Å². The Hall–Kier alpha value is -1.62. The van der Waals surface area contributed by atoms with Crippen molar-refractivity contribution in [1.29, 1.82) is 0 Å². The Morgan fingerprint density at radius 1 is 1.26 bits per heavy atom. The summed E-state index contributed by atoms with van der Waals surface area (Å²) < 4.78 is 3.99. The standard InChI is InChI=1S/C14H23N5/c1-9-7-13(18(6)16-9)8-19-12(4)14(10(2)15-5)11(3)17-19/h7,10,15H,8H2,1-6H3. The van der Waals surface area contributed by atoms with Gasteiger partial charge in [-0.05, 0) is 40.8 Å². The minimum Gasteiger partial charge on any atom is -0.313 e. The summed E-state index contributed by atoms with van der Waals surface area (Å²) in [7, 11) is 3.95. The van der Waals surface area contributed by atoms with Crippen LogP contribution < -0.4 is 5.32 Å². The largest absolute Gasteiger partial charge is 0.313 e. The molecular weight excluding hydrogens is 238 g/mol. The summed E-state index contributed by atoms with van der Waals surface area (Å²) in [4.78, 5) is 0. The Balaban J connectivity index is 2.34. The van der Waals surface area contributed by atoms with Crippen molar-refractivity contribution in [2.45, 2.75) is 40.3 Å². The molecule has 2 rings (SSSR count). The van der Waals surface area contributed by atoms with Gasteiger partial charge >= 0.3 is 0 Å². The van der Waals surface area contributed by atoms with Crippen LogP contribution in [0.3, 0.4) is 0 Å². The molecule has 0 fully saturated rings. The van der Waals surface area contributed by atoms with Gasteiger partial charge in [0.25, 0.3) is 0 Å². The highest BCUT2D eigenvalue weighted by atomic mass is 15.3. The van der Waals surface area contributed by atoms with Crippen LogP contribution in [0.2, 0.25) is 0 Å². The van der Waals surface area contributed by atoms with E-state index in [-0.39, 0.29) is 0 Å². The average molecular weight is 261 g/mol. The zero-order valence-electron chi connectivity index (χ0n) is 12.7. The van der Waals surface area contributed by atoms with Crippen molar-refractivity contribution in [3.05, 3.63) is 34.4 Å². The van der Waals surface area contributed by atoms with Crippen LogP contribution in [-0.4, -0.2) is 26.6 Å². The van der Waals surface area contributed by atoms with E-state index in [1.807, 2.05) is 25.7 Å². The van der Waals surface area contributed by atoms with E-state index in [0.717, 1.165) is 17.9 Å². The van der Waals surface area contributed by atoms with Gasteiger partial charge in [0.05, 0.1) is 23.6 Å². The molecule has 1 unspecified atom stereocenters. The van der Waals surface area contributed by atoms with E-state index >= 15 is 0 Å². The van der Waals surface area contributed by atoms with Crippen molar-refractivity contribution in [1.82, 2.24) is 24.9 Å². The maximum Gasteiger partial charge on any atom is 0.0831 e. The van der Waals surface area contributed by atoms with Crippen molar-refractivity contribution in [2.24, 2.45) is 7.05 Å². The van der Waals surface area contributed by atoms with E-state index in [2.05, 4.69) is 47.0 Å². The highest BCUT2D eigenvalue weighted by Gasteiger charge is 2.17. The second-order valence-corrected chi connectivity index (χ2v) is 5.15. The molecule has 5 nitrogen and oxygen atoms in total. The number of aromatic nitrogens is 4. The molecule has 5 heteroatoms. The quantitative estimate of drug-likeness (QED) is 0.914. The van der Waals surface area contributed by atoms with Crippen molar-refractivity contribution in [3.63, 3.8) is 0 Å². The summed E-state index contributed by atoms with van der Waals surface area (Å²) in [5.74, 6) is 0. The predicted octanol–water partition coefficient (Wildman–Crippen LogP) is 1.87. The van der Waals surface area contributed by atoms with Gasteiger partial charge in [0.15, 0.2) is 0 Å². The Bertz CT molecular complexity index is 579. The Kier molecular flexibility index (Phi) is 3.75. The van der Waals surface area contributed by atoms with E-state index in [1.165, 1.54) is 17.0 Å². The number of hydrogen-bond donors (Lipinski definition) is 1. The van der Waals surface area contributed by atoms with Crippen LogP contribution >= 0.6 is 0 Å². The molecule has 2 heterocycles. The third-order valence-electron chi connectivity index (χ3n) is 3.71. The molecule has 0 saturated carbocycles. The monoisotopic (exact) mass is 261 g/mol. The lowest BCUT2D eigenvalue weighted by Gasteiger charge is -2.11. The molecule has 0 aliphatic heterocycles. The van der Waals surface area contributed by atoms with Gasteiger partial charge in [-0.3, -0.25) is 9.36 Å². The third-order valence-corrected chi connectivity index (χ3v) is 3.71. The van der Waals surface area contributed by atoms with E-state index in [4.69, 9.17) is 0 Å². The first kappa shape index (κ1) is 13.8. The molecule has 19 heavy (non-hydrogen) atoms. The fourth-order valence-corrected chi connectivity index (χ4v) is 2.60. The van der Waals surface area contributed by atoms with Gasteiger partial charge in [-0.1, -0.05) is 0 Å². The molecule has 0 bridgehead atoms. The number of nitrogens with zero attached hydrogens (tertiary/aromatic N) is 4. The van der Waals surface area contributed by atoms with E-state index in [0.29, 0.717) is 6.04 Å². The van der Waals surface area contributed by atoms with Gasteiger partial charge < -0.3 is 5.32 Å². The molecule has 1 N–H and O–H groups in total. The molecule has 2 aromatic heterocycles. The molecule has 104 valence electrons. The van der Waals surface area contributed by atoms with Crippen molar-refractivity contribution in [2.75, 3.05) is 7.05 Å². The number of hydrogen-bond acceptors (Lipinski definition) is 3. The molecular formula is C14H23N5. The van der Waals surface area contributed by atoms with Gasteiger partial charge in [-0.2, -0.15) is 10.2 Å². The SMILES string of the molecule is CNC(C)c1c(C)nn(Cc2cc(C)nn2C)c1C. The van der Waals surface area contributed by atoms with Crippen molar-refractivity contribution < 1.29 is 0 Å². The summed E-state index contributed by atoms with van der Waals surface area (Å²) in [6.07, 6.45) is 0. The normalized spacial score (nSPS) is 12.9. The first-order valence-electron chi connectivity index (χ1n) is 6.64. The highest BCUT2D eigenvalue weighted by Crippen LogP contribution is 2.21. The average Bonchev–Trinajstić information content (AvgIpc) is 2.80. The molecule has 0 aliphatic rings. The van der Waals surface area contributed by atoms with Crippen LogP contribution in [0.1, 0.15) is 41.3 Å². The molecule has 0 amide bonds. The first-order valence-corrected chi connectivity index (χ1v) is 6.64. The fourth-order valence-electron chi connectivity index (χ4n) is 2.60. The Morgan fingerprint density at radius 2 is 1.95 bits per heavy atom. The highest BCUT2D eigenvalue weighted by molar-refractivity contribution is 5.28. The lowest BCUT2D eigenvalue weighted by molar-refractivity contribution is 0.598. The van der Waals surface area contributed by atoms with Crippen LogP contribution in [-0.2, 0) is 13.6 Å². The maximum atomic E-state index is 4.66. The lowest BCUT2D eigenvalue weighted by atomic mass is 10.1. The second-order valence-electron chi connectivity index (χ2n) is 5.15. The van der Waals surface area contributed by atoms with E-state index in [9.17, 15) is 0 Å². The predicted molar refractivity (Wildman–Crippen MR) is 76.2 cm³/mol. The minimum absolute atomic E-state index is 0.321. The molecule has 0 spiro atoms. The molecule has 0 radical (unpaired) electrons. The van der Waals surface area contributed by atoms with Gasteiger partial charge in [0.2, 0.25) is 0 Å². The van der Waals surface area contributed by atoms with Crippen LogP contribution in [0.4, 0.5) is 0 Å². The van der Waals surface area contributed by atoms with Crippen LogP contribution in [0.5, 0.6) is 0 Å². The van der Waals surface area contributed by atoms with Gasteiger partial charge in [-0.25, -0.2) is 0 Å². The van der Waals surface area contributed by atoms with Gasteiger partial charge in [0.1, 0.15) is 0 Å². The third kappa shape index (κ3) is 2.56. The zero-order chi connectivity index (χ0) is 14.2. The van der Waals surface area contributed by atoms with Crippen LogP contribution in [0, 0.1) is 20.8 Å². The van der Waals surface area contributed by atoms with Crippen molar-refractivity contribution in [3.8, 4) is 0 Å². The van der Waals surface area contributed by atoms with Gasteiger partial charge in [0, 0.05) is 24.3 Å². The summed E-state index contributed by atoms with van der Waals surface area (Å²) in [6, 6.07) is 2.43. The molecule has 0 aliphatic carbocycles. The zero-order valence-corrected chi connectivity index (χ0v) is 12.7. The van der Waals surface area contributed by atoms with Crippen LogP contribution in [0.25, 0.3) is 0 Å². The Labute approximate surface area is 114 Å². The molecule has 0 saturated heterocycles. The second kappa shape index (κ2) is 5.17. The summed E-state index contributed by atoms with van der Waals surface area (Å²) in [5, 5.41) is 12.3. The molecule has 2 aromatic rings. The number of nitrogens with one attached hydrogen (secondary N) is 1. The maximum absolute atomic E-state index is 4.66. The molecule has 1 atom stereocenters. The van der Waals surface area contributed by atoms with Crippen molar-refractivity contribution >= 4 is 0 Å². The Morgan fingerprint density at radius 3 is 2.47 bits per heavy atom. The minimum atomic E-state index is 0.321. The topological polar surface area (TPSA) is 47.7 Å². The molecule has 0 aromatic carbocycles. The fraction of sp³-hybridized carbons (Fsp3) is 0.571. The van der Waals surface area contributed by atoms with E-state index in [1.54, 1.807) is 0 Å². The summed E-state index contributed by atoms with van der Waals surface area (Å²) in [5.41, 5.74) is 5.83. The summed E-state index contributed by atoms with van der Waals surface area (Å²) in [6.45, 7) is 9.14. The summed E-state index contributed by atoms with van der Waals surface area (Å²) >= 11 is 0.